The zero-order chi connectivity index (χ0) is 12.7. The summed E-state index contributed by atoms with van der Waals surface area (Å²) in [5.74, 6) is 0.907. The Morgan fingerprint density at radius 3 is 2.47 bits per heavy atom. The highest BCUT2D eigenvalue weighted by atomic mass is 16.5. The Morgan fingerprint density at radius 1 is 1.35 bits per heavy atom. The van der Waals surface area contributed by atoms with Crippen molar-refractivity contribution in [1.29, 1.82) is 0 Å². The molecule has 1 rings (SSSR count). The van der Waals surface area contributed by atoms with Gasteiger partial charge in [-0.3, -0.25) is 4.90 Å². The fraction of sp³-hybridized carbons (Fsp3) is 1.00. The zero-order valence-corrected chi connectivity index (χ0v) is 11.9. The predicted molar refractivity (Wildman–Crippen MR) is 73.2 cm³/mol. The molecule has 1 saturated carbocycles. The maximum absolute atomic E-state index is 6.03. The fourth-order valence-corrected chi connectivity index (χ4v) is 2.79. The Labute approximate surface area is 107 Å². The van der Waals surface area contributed by atoms with E-state index in [4.69, 9.17) is 10.5 Å². The van der Waals surface area contributed by atoms with E-state index >= 15 is 0 Å². The molecule has 0 aromatic rings. The molecule has 0 spiro atoms. The summed E-state index contributed by atoms with van der Waals surface area (Å²) in [4.78, 5) is 2.50. The van der Waals surface area contributed by atoms with Crippen LogP contribution in [0.15, 0.2) is 0 Å². The monoisotopic (exact) mass is 242 g/mol. The number of nitrogens with zero attached hydrogens (tertiary/aromatic N) is 1. The van der Waals surface area contributed by atoms with Gasteiger partial charge in [0.15, 0.2) is 0 Å². The maximum atomic E-state index is 6.03. The SMILES string of the molecule is CCOCCN(CC)C(C)(CN)CC1CCC1. The lowest BCUT2D eigenvalue weighted by atomic mass is 9.76. The Kier molecular flexibility index (Phi) is 6.45. The van der Waals surface area contributed by atoms with Crippen molar-refractivity contribution in [3.05, 3.63) is 0 Å². The zero-order valence-electron chi connectivity index (χ0n) is 11.9. The number of hydrogen-bond donors (Lipinski definition) is 1. The minimum absolute atomic E-state index is 0.164. The van der Waals surface area contributed by atoms with E-state index in [1.165, 1.54) is 25.7 Å². The quantitative estimate of drug-likeness (QED) is 0.630. The van der Waals surface area contributed by atoms with Crippen LogP contribution in [0.4, 0.5) is 0 Å². The molecule has 0 aliphatic heterocycles. The first kappa shape index (κ1) is 14.9. The molecule has 0 aromatic heterocycles. The van der Waals surface area contributed by atoms with Crippen molar-refractivity contribution in [1.82, 2.24) is 4.90 Å². The summed E-state index contributed by atoms with van der Waals surface area (Å²) in [6, 6.07) is 0. The minimum Gasteiger partial charge on any atom is -0.380 e. The van der Waals surface area contributed by atoms with Gasteiger partial charge in [0.05, 0.1) is 6.61 Å². The molecule has 0 radical (unpaired) electrons. The third kappa shape index (κ3) is 4.23. The average Bonchev–Trinajstić information content (AvgIpc) is 2.29. The van der Waals surface area contributed by atoms with Gasteiger partial charge < -0.3 is 10.5 Å². The van der Waals surface area contributed by atoms with Gasteiger partial charge in [-0.25, -0.2) is 0 Å². The van der Waals surface area contributed by atoms with E-state index in [0.29, 0.717) is 0 Å². The van der Waals surface area contributed by atoms with Crippen molar-refractivity contribution >= 4 is 0 Å². The second kappa shape index (κ2) is 7.34. The summed E-state index contributed by atoms with van der Waals surface area (Å²) < 4.78 is 5.47. The van der Waals surface area contributed by atoms with E-state index < -0.39 is 0 Å². The maximum Gasteiger partial charge on any atom is 0.0593 e. The normalized spacial score (nSPS) is 20.3. The molecular formula is C14H30N2O. The summed E-state index contributed by atoms with van der Waals surface area (Å²) in [5, 5.41) is 0. The molecular weight excluding hydrogens is 212 g/mol. The van der Waals surface area contributed by atoms with Crippen LogP contribution in [0.1, 0.15) is 46.5 Å². The number of ether oxygens (including phenoxy) is 1. The second-order valence-electron chi connectivity index (χ2n) is 5.48. The highest BCUT2D eigenvalue weighted by molar-refractivity contribution is 4.91. The number of hydrogen-bond acceptors (Lipinski definition) is 3. The van der Waals surface area contributed by atoms with Gasteiger partial charge in [0.25, 0.3) is 0 Å². The molecule has 1 unspecified atom stereocenters. The first-order chi connectivity index (χ1) is 8.16. The van der Waals surface area contributed by atoms with Crippen molar-refractivity contribution in [3.8, 4) is 0 Å². The van der Waals surface area contributed by atoms with Gasteiger partial charge in [-0.15, -0.1) is 0 Å². The van der Waals surface area contributed by atoms with Gasteiger partial charge in [0.1, 0.15) is 0 Å². The topological polar surface area (TPSA) is 38.5 Å². The molecule has 3 nitrogen and oxygen atoms in total. The molecule has 17 heavy (non-hydrogen) atoms. The van der Waals surface area contributed by atoms with E-state index in [-0.39, 0.29) is 5.54 Å². The summed E-state index contributed by atoms with van der Waals surface area (Å²) in [6.45, 7) is 11.0. The fourth-order valence-electron chi connectivity index (χ4n) is 2.79. The summed E-state index contributed by atoms with van der Waals surface area (Å²) in [5.41, 5.74) is 6.20. The second-order valence-corrected chi connectivity index (χ2v) is 5.48. The van der Waals surface area contributed by atoms with Crippen LogP contribution in [0.25, 0.3) is 0 Å². The summed E-state index contributed by atoms with van der Waals surface area (Å²) >= 11 is 0. The molecule has 2 N–H and O–H groups in total. The largest absolute Gasteiger partial charge is 0.380 e. The highest BCUT2D eigenvalue weighted by Gasteiger charge is 2.34. The minimum atomic E-state index is 0.164. The molecule has 1 fully saturated rings. The van der Waals surface area contributed by atoms with Crippen molar-refractivity contribution in [2.45, 2.75) is 52.0 Å². The van der Waals surface area contributed by atoms with Crippen LogP contribution >= 0.6 is 0 Å². The lowest BCUT2D eigenvalue weighted by molar-refractivity contribution is 0.0385. The van der Waals surface area contributed by atoms with E-state index in [0.717, 1.165) is 38.8 Å². The van der Waals surface area contributed by atoms with Crippen LogP contribution < -0.4 is 5.73 Å². The average molecular weight is 242 g/mol. The lowest BCUT2D eigenvalue weighted by Gasteiger charge is -2.44. The van der Waals surface area contributed by atoms with Crippen LogP contribution in [0.3, 0.4) is 0 Å². The van der Waals surface area contributed by atoms with Crippen molar-refractivity contribution in [3.63, 3.8) is 0 Å². The smallest absolute Gasteiger partial charge is 0.0593 e. The van der Waals surface area contributed by atoms with Crippen molar-refractivity contribution in [2.75, 3.05) is 32.8 Å². The molecule has 1 aliphatic carbocycles. The molecule has 102 valence electrons. The molecule has 1 atom stereocenters. The molecule has 0 heterocycles. The van der Waals surface area contributed by atoms with Gasteiger partial charge >= 0.3 is 0 Å². The summed E-state index contributed by atoms with van der Waals surface area (Å²) in [6.07, 6.45) is 5.47. The standard InChI is InChI=1S/C14H30N2O/c1-4-16(9-10-17-5-2)14(3,12-15)11-13-7-6-8-13/h13H,4-12,15H2,1-3H3. The van der Waals surface area contributed by atoms with Crippen LogP contribution in [-0.4, -0.2) is 43.3 Å². The Morgan fingerprint density at radius 2 is 2.06 bits per heavy atom. The van der Waals surface area contributed by atoms with Gasteiger partial charge in [-0.05, 0) is 32.7 Å². The molecule has 1 aliphatic rings. The Bertz CT molecular complexity index is 206. The van der Waals surface area contributed by atoms with Crippen LogP contribution in [0.5, 0.6) is 0 Å². The van der Waals surface area contributed by atoms with Crippen molar-refractivity contribution in [2.24, 2.45) is 11.7 Å². The first-order valence-corrected chi connectivity index (χ1v) is 7.19. The van der Waals surface area contributed by atoms with E-state index in [1.54, 1.807) is 0 Å². The molecule has 0 saturated heterocycles. The van der Waals surface area contributed by atoms with E-state index in [2.05, 4.69) is 18.7 Å². The van der Waals surface area contributed by atoms with Gasteiger partial charge in [0.2, 0.25) is 0 Å². The van der Waals surface area contributed by atoms with Gasteiger partial charge in [0, 0.05) is 25.2 Å². The van der Waals surface area contributed by atoms with Gasteiger partial charge in [-0.1, -0.05) is 26.2 Å². The molecule has 0 amide bonds. The molecule has 0 bridgehead atoms. The lowest BCUT2D eigenvalue weighted by Crippen LogP contribution is -2.54. The van der Waals surface area contributed by atoms with Crippen LogP contribution in [-0.2, 0) is 4.74 Å². The van der Waals surface area contributed by atoms with E-state index in [1.807, 2.05) is 6.92 Å². The molecule has 0 aromatic carbocycles. The first-order valence-electron chi connectivity index (χ1n) is 7.19. The number of rotatable bonds is 9. The van der Waals surface area contributed by atoms with E-state index in [9.17, 15) is 0 Å². The Hall–Kier alpha value is -0.120. The van der Waals surface area contributed by atoms with Gasteiger partial charge in [-0.2, -0.15) is 0 Å². The summed E-state index contributed by atoms with van der Waals surface area (Å²) in [7, 11) is 0. The van der Waals surface area contributed by atoms with Crippen molar-refractivity contribution < 1.29 is 4.74 Å². The van der Waals surface area contributed by atoms with Crippen LogP contribution in [0, 0.1) is 5.92 Å². The predicted octanol–water partition coefficient (Wildman–Crippen LogP) is 2.25. The van der Waals surface area contributed by atoms with Crippen LogP contribution in [0.2, 0.25) is 0 Å². The third-order valence-electron chi connectivity index (χ3n) is 4.25. The number of likely N-dealkylation sites (N-methyl/N-ethyl adjacent to an activating group) is 1. The molecule has 3 heteroatoms. The highest BCUT2D eigenvalue weighted by Crippen LogP contribution is 2.35. The number of nitrogens with two attached hydrogens (primary N) is 1. The Balaban J connectivity index is 2.46. The third-order valence-corrected chi connectivity index (χ3v) is 4.25.